The van der Waals surface area contributed by atoms with E-state index in [1.165, 1.54) is 134 Å². The topological polar surface area (TPSA) is 124 Å². The lowest BCUT2D eigenvalue weighted by molar-refractivity contribution is -0.130. The first-order chi connectivity index (χ1) is 25.7. The molecule has 0 rings (SSSR count). The molecular formula is C45H83NO6S. The van der Waals surface area contributed by atoms with Crippen LogP contribution in [0.15, 0.2) is 48.6 Å². The number of aliphatic hydroxyl groups is 2. The van der Waals surface area contributed by atoms with Gasteiger partial charge in [0, 0.05) is 0 Å². The highest BCUT2D eigenvalue weighted by Gasteiger charge is 2.27. The van der Waals surface area contributed by atoms with Crippen molar-refractivity contribution in [3.05, 3.63) is 48.6 Å². The number of rotatable bonds is 39. The van der Waals surface area contributed by atoms with Crippen LogP contribution in [0.2, 0.25) is 0 Å². The second kappa shape index (κ2) is 38.5. The van der Waals surface area contributed by atoms with Crippen molar-refractivity contribution >= 4 is 16.0 Å². The number of amides is 1. The number of hydrogen-bond acceptors (Lipinski definition) is 5. The van der Waals surface area contributed by atoms with Crippen LogP contribution in [0.25, 0.3) is 0 Å². The van der Waals surface area contributed by atoms with Gasteiger partial charge in [-0.15, -0.1) is 0 Å². The zero-order valence-electron chi connectivity index (χ0n) is 34.2. The molecule has 310 valence electrons. The van der Waals surface area contributed by atoms with E-state index >= 15 is 0 Å². The van der Waals surface area contributed by atoms with E-state index in [4.69, 9.17) is 0 Å². The molecule has 8 heteroatoms. The summed E-state index contributed by atoms with van der Waals surface area (Å²) in [5.74, 6) is -1.56. The first-order valence-electron chi connectivity index (χ1n) is 21.9. The van der Waals surface area contributed by atoms with Gasteiger partial charge in [0.25, 0.3) is 10.1 Å². The average molecular weight is 766 g/mol. The molecule has 53 heavy (non-hydrogen) atoms. The third kappa shape index (κ3) is 38.3. The van der Waals surface area contributed by atoms with Gasteiger partial charge in [0.15, 0.2) is 0 Å². The molecule has 0 aromatic carbocycles. The van der Waals surface area contributed by atoms with E-state index in [0.29, 0.717) is 12.8 Å². The Kier molecular flexibility index (Phi) is 37.3. The van der Waals surface area contributed by atoms with Crippen molar-refractivity contribution in [1.82, 2.24) is 5.32 Å². The lowest BCUT2D eigenvalue weighted by Crippen LogP contribution is -2.50. The molecule has 0 aliphatic heterocycles. The third-order valence-electron chi connectivity index (χ3n) is 9.85. The Morgan fingerprint density at radius 2 is 0.962 bits per heavy atom. The molecule has 1 amide bonds. The molecule has 0 aromatic heterocycles. The molecule has 0 saturated carbocycles. The minimum absolute atomic E-state index is 0.272. The van der Waals surface area contributed by atoms with Crippen LogP contribution in [0.1, 0.15) is 206 Å². The fourth-order valence-corrected chi connectivity index (χ4v) is 7.24. The number of carbonyl (C=O) groups is 1. The van der Waals surface area contributed by atoms with Crippen molar-refractivity contribution in [3.8, 4) is 0 Å². The molecule has 0 spiro atoms. The molecule has 0 saturated heterocycles. The SMILES string of the molecule is CC/C=C\C/C=C\CCCCCCCCCCCCCCCC(O)C(=O)NC(CS(=O)(=O)O)C(O)/C=C/CC/C=C/CCCCCCCCCCCC. The molecule has 0 aliphatic carbocycles. The number of hydrogen-bond donors (Lipinski definition) is 4. The Labute approximate surface area is 327 Å². The Hall–Kier alpha value is -1.74. The quantitative estimate of drug-likeness (QED) is 0.0281. The summed E-state index contributed by atoms with van der Waals surface area (Å²) in [5.41, 5.74) is 0. The molecule has 0 heterocycles. The monoisotopic (exact) mass is 766 g/mol. The summed E-state index contributed by atoms with van der Waals surface area (Å²) in [6.07, 6.45) is 48.8. The molecule has 4 N–H and O–H groups in total. The van der Waals surface area contributed by atoms with E-state index in [9.17, 15) is 28.0 Å². The minimum atomic E-state index is -4.45. The molecule has 3 unspecified atom stereocenters. The number of allylic oxidation sites excluding steroid dienone is 7. The third-order valence-corrected chi connectivity index (χ3v) is 10.6. The summed E-state index contributed by atoms with van der Waals surface area (Å²) in [6, 6.07) is -1.25. The van der Waals surface area contributed by atoms with Crippen LogP contribution in [0, 0.1) is 0 Å². The van der Waals surface area contributed by atoms with Crippen LogP contribution in [0.3, 0.4) is 0 Å². The lowest BCUT2D eigenvalue weighted by Gasteiger charge is -2.22. The standard InChI is InChI=1S/C45H83NO6S/c1-3-5-7-9-11-13-15-17-19-21-22-23-24-26-28-30-32-34-36-38-40-44(48)45(49)46-42(41-53(50,51)52)43(47)39-37-35-33-31-29-27-25-20-18-16-14-12-10-8-6-4-2/h5,7,11,13,29,31,37,39,42-44,47-48H,3-4,6,8-10,12,14-28,30,32-36,38,40-41H2,1-2H3,(H,46,49)(H,50,51,52)/b7-5-,13-11-,31-29+,39-37+. The summed E-state index contributed by atoms with van der Waals surface area (Å²) in [7, 11) is -4.45. The number of nitrogens with one attached hydrogen (secondary N) is 1. The van der Waals surface area contributed by atoms with Gasteiger partial charge in [-0.05, 0) is 57.8 Å². The van der Waals surface area contributed by atoms with Gasteiger partial charge in [-0.25, -0.2) is 0 Å². The van der Waals surface area contributed by atoms with Gasteiger partial charge in [-0.1, -0.05) is 197 Å². The number of carbonyl (C=O) groups excluding carboxylic acids is 1. The Balaban J connectivity index is 4.01. The van der Waals surface area contributed by atoms with Crippen LogP contribution >= 0.6 is 0 Å². The van der Waals surface area contributed by atoms with Crippen LogP contribution in [-0.4, -0.2) is 53.1 Å². The van der Waals surface area contributed by atoms with Gasteiger partial charge < -0.3 is 15.5 Å². The molecule has 3 atom stereocenters. The fourth-order valence-electron chi connectivity index (χ4n) is 6.51. The predicted molar refractivity (Wildman–Crippen MR) is 227 cm³/mol. The molecule has 0 fully saturated rings. The highest BCUT2D eigenvalue weighted by atomic mass is 32.2. The second-order valence-electron chi connectivity index (χ2n) is 15.1. The first kappa shape index (κ1) is 51.3. The Morgan fingerprint density at radius 1 is 0.547 bits per heavy atom. The van der Waals surface area contributed by atoms with E-state index in [2.05, 4.69) is 55.6 Å². The van der Waals surface area contributed by atoms with Gasteiger partial charge in [-0.2, -0.15) is 8.42 Å². The van der Waals surface area contributed by atoms with Gasteiger partial charge >= 0.3 is 0 Å². The highest BCUT2D eigenvalue weighted by Crippen LogP contribution is 2.15. The summed E-state index contributed by atoms with van der Waals surface area (Å²) in [6.45, 7) is 4.41. The van der Waals surface area contributed by atoms with Gasteiger partial charge in [0.05, 0.1) is 17.9 Å². The van der Waals surface area contributed by atoms with E-state index < -0.39 is 40.0 Å². The number of aliphatic hydroxyl groups excluding tert-OH is 2. The Bertz CT molecular complexity index is 1040. The molecule has 7 nitrogen and oxygen atoms in total. The molecule has 0 bridgehead atoms. The average Bonchev–Trinajstić information content (AvgIpc) is 3.12. The smallest absolute Gasteiger partial charge is 0.267 e. The second-order valence-corrected chi connectivity index (χ2v) is 16.6. The van der Waals surface area contributed by atoms with E-state index in [-0.39, 0.29) is 6.42 Å². The summed E-state index contributed by atoms with van der Waals surface area (Å²) in [4.78, 5) is 12.6. The van der Waals surface area contributed by atoms with Crippen LogP contribution < -0.4 is 5.32 Å². The van der Waals surface area contributed by atoms with Crippen molar-refractivity contribution in [2.45, 2.75) is 225 Å². The van der Waals surface area contributed by atoms with E-state index in [1.807, 2.05) is 0 Å². The summed E-state index contributed by atoms with van der Waals surface area (Å²) >= 11 is 0. The number of unbranched alkanes of at least 4 members (excludes halogenated alkanes) is 24. The largest absolute Gasteiger partial charge is 0.387 e. The molecule has 0 aliphatic rings. The summed E-state index contributed by atoms with van der Waals surface area (Å²) < 4.78 is 32.6. The van der Waals surface area contributed by atoms with Crippen LogP contribution in [0.5, 0.6) is 0 Å². The van der Waals surface area contributed by atoms with Crippen LogP contribution in [-0.2, 0) is 14.9 Å². The fraction of sp³-hybridized carbons (Fsp3) is 0.800. The van der Waals surface area contributed by atoms with Gasteiger partial charge in [0.1, 0.15) is 6.10 Å². The maximum atomic E-state index is 12.6. The van der Waals surface area contributed by atoms with Gasteiger partial charge in [0.2, 0.25) is 5.91 Å². The highest BCUT2D eigenvalue weighted by molar-refractivity contribution is 7.85. The molecule has 0 aromatic rings. The van der Waals surface area contributed by atoms with Crippen molar-refractivity contribution in [2.75, 3.05) is 5.75 Å². The van der Waals surface area contributed by atoms with E-state index in [0.717, 1.165) is 44.9 Å². The zero-order chi connectivity index (χ0) is 39.1. The first-order valence-corrected chi connectivity index (χ1v) is 23.6. The normalized spacial score (nSPS) is 14.3. The maximum Gasteiger partial charge on any atom is 0.267 e. The molecular weight excluding hydrogens is 683 g/mol. The lowest BCUT2D eigenvalue weighted by atomic mass is 10.0. The van der Waals surface area contributed by atoms with E-state index in [1.54, 1.807) is 6.08 Å². The van der Waals surface area contributed by atoms with Crippen molar-refractivity contribution in [2.24, 2.45) is 0 Å². The van der Waals surface area contributed by atoms with Gasteiger partial charge in [-0.3, -0.25) is 9.35 Å². The summed E-state index contributed by atoms with van der Waals surface area (Å²) in [5, 5.41) is 23.4. The Morgan fingerprint density at radius 3 is 1.45 bits per heavy atom. The minimum Gasteiger partial charge on any atom is -0.387 e. The van der Waals surface area contributed by atoms with Crippen LogP contribution in [0.4, 0.5) is 0 Å². The molecule has 0 radical (unpaired) electrons. The predicted octanol–water partition coefficient (Wildman–Crippen LogP) is 12.0. The maximum absolute atomic E-state index is 12.6. The van der Waals surface area contributed by atoms with Crippen molar-refractivity contribution in [3.63, 3.8) is 0 Å². The van der Waals surface area contributed by atoms with Crippen molar-refractivity contribution < 1.29 is 28.0 Å². The van der Waals surface area contributed by atoms with Crippen molar-refractivity contribution in [1.29, 1.82) is 0 Å². The zero-order valence-corrected chi connectivity index (χ0v) is 35.1.